The van der Waals surface area contributed by atoms with Crippen LogP contribution in [0.5, 0.6) is 11.8 Å². The molecule has 0 bridgehead atoms. The highest BCUT2D eigenvalue weighted by atomic mass is 16.3. The van der Waals surface area contributed by atoms with Crippen LogP contribution in [-0.2, 0) is 6.54 Å². The molecule has 2 aromatic carbocycles. The molecule has 0 saturated carbocycles. The molecule has 0 unspecified atom stereocenters. The predicted octanol–water partition coefficient (Wildman–Crippen LogP) is 3.51. The number of carbonyl (C=O) groups is 2. The van der Waals surface area contributed by atoms with Crippen molar-refractivity contribution in [3.05, 3.63) is 59.7 Å². The molecule has 3 aromatic rings. The van der Waals surface area contributed by atoms with Crippen molar-refractivity contribution in [2.75, 3.05) is 0 Å². The normalized spacial score (nSPS) is 11.2. The van der Waals surface area contributed by atoms with E-state index < -0.39 is 11.8 Å². The van der Waals surface area contributed by atoms with Crippen LogP contribution < -0.4 is 0 Å². The Labute approximate surface area is 142 Å². The summed E-state index contributed by atoms with van der Waals surface area (Å²) in [5, 5.41) is 27.8. The van der Waals surface area contributed by atoms with Gasteiger partial charge in [0.1, 0.15) is 0 Å². The maximum atomic E-state index is 12.1. The number of fused-ring (bicyclic) bond motifs is 1. The fourth-order valence-electron chi connectivity index (χ4n) is 2.53. The molecule has 1 heterocycles. The van der Waals surface area contributed by atoms with Crippen LogP contribution >= 0.6 is 0 Å². The van der Waals surface area contributed by atoms with E-state index in [9.17, 15) is 19.8 Å². The van der Waals surface area contributed by atoms with Gasteiger partial charge in [-0.1, -0.05) is 18.2 Å². The van der Waals surface area contributed by atoms with Crippen molar-refractivity contribution in [1.29, 1.82) is 0 Å². The second-order valence-electron chi connectivity index (χ2n) is 5.33. The van der Waals surface area contributed by atoms with Crippen molar-refractivity contribution in [2.45, 2.75) is 13.5 Å². The van der Waals surface area contributed by atoms with Gasteiger partial charge >= 0.3 is 0 Å². The summed E-state index contributed by atoms with van der Waals surface area (Å²) in [6, 6.07) is 12.7. The molecule has 0 atom stereocenters. The van der Waals surface area contributed by atoms with Crippen molar-refractivity contribution < 1.29 is 19.8 Å². The summed E-state index contributed by atoms with van der Waals surface area (Å²) in [6.45, 7) is 2.15. The van der Waals surface area contributed by atoms with Gasteiger partial charge in [-0.25, -0.2) is 0 Å². The van der Waals surface area contributed by atoms with Crippen LogP contribution in [0.15, 0.2) is 58.8 Å². The molecule has 1 aromatic heterocycles. The van der Waals surface area contributed by atoms with Gasteiger partial charge in [0.05, 0.1) is 0 Å². The van der Waals surface area contributed by atoms with E-state index in [1.165, 1.54) is 22.8 Å². The van der Waals surface area contributed by atoms with Crippen molar-refractivity contribution in [3.8, 4) is 11.8 Å². The first-order chi connectivity index (χ1) is 12.0. The lowest BCUT2D eigenvalue weighted by molar-refractivity contribution is 0.0947. The summed E-state index contributed by atoms with van der Waals surface area (Å²) >= 11 is 0. The Kier molecular flexibility index (Phi) is 4.30. The second-order valence-corrected chi connectivity index (χ2v) is 5.33. The highest BCUT2D eigenvalue weighted by Gasteiger charge is 2.17. The molecule has 0 fully saturated rings. The van der Waals surface area contributed by atoms with E-state index in [1.807, 2.05) is 0 Å². The molecular weight excluding hydrogens is 322 g/mol. The lowest BCUT2D eigenvalue weighted by atomic mass is 10.1. The lowest BCUT2D eigenvalue weighted by Crippen LogP contribution is -1.97. The van der Waals surface area contributed by atoms with E-state index in [2.05, 4.69) is 10.2 Å². The van der Waals surface area contributed by atoms with E-state index in [4.69, 9.17) is 0 Å². The molecule has 0 radical (unpaired) electrons. The third-order valence-electron chi connectivity index (χ3n) is 3.83. The minimum Gasteiger partial charge on any atom is -0.494 e. The molecular formula is C18H15N3O4. The third kappa shape index (κ3) is 2.99. The summed E-state index contributed by atoms with van der Waals surface area (Å²) in [6.07, 6.45) is 0. The molecule has 0 spiro atoms. The standard InChI is InChI=1S/C18H15N3O4/c1-2-21-17(24)13-9-8-12(10-14(13)18(21)25)16(23)20-19-15(22)11-6-4-3-5-7-11/h3-10,24-25H,2H2,1H3. The number of nitrogens with zero attached hydrogens (tertiary/aromatic N) is 3. The maximum Gasteiger partial charge on any atom is 0.295 e. The zero-order valence-corrected chi connectivity index (χ0v) is 13.4. The smallest absolute Gasteiger partial charge is 0.295 e. The number of aromatic hydroxyl groups is 2. The van der Waals surface area contributed by atoms with E-state index >= 15 is 0 Å². The fraction of sp³-hybridized carbons (Fsp3) is 0.111. The topological polar surface area (TPSA) is 104 Å². The van der Waals surface area contributed by atoms with E-state index in [0.29, 0.717) is 22.9 Å². The number of rotatable bonds is 3. The Bertz CT molecular complexity index is 990. The molecule has 7 heteroatoms. The van der Waals surface area contributed by atoms with Crippen LogP contribution in [0.25, 0.3) is 10.8 Å². The highest BCUT2D eigenvalue weighted by Crippen LogP contribution is 2.36. The zero-order valence-electron chi connectivity index (χ0n) is 13.4. The average molecular weight is 337 g/mol. The summed E-state index contributed by atoms with van der Waals surface area (Å²) < 4.78 is 1.32. The number of azo groups is 1. The maximum absolute atomic E-state index is 12.1. The largest absolute Gasteiger partial charge is 0.494 e. The Balaban J connectivity index is 1.89. The summed E-state index contributed by atoms with van der Waals surface area (Å²) in [7, 11) is 0. The number of hydrogen-bond acceptors (Lipinski definition) is 4. The molecule has 25 heavy (non-hydrogen) atoms. The van der Waals surface area contributed by atoms with Crippen LogP contribution in [0, 0.1) is 0 Å². The third-order valence-corrected chi connectivity index (χ3v) is 3.83. The molecule has 0 aliphatic rings. The molecule has 3 rings (SSSR count). The number of benzene rings is 2. The minimum absolute atomic E-state index is 0.0742. The van der Waals surface area contributed by atoms with Gasteiger partial charge in [-0.2, -0.15) is 0 Å². The van der Waals surface area contributed by atoms with Gasteiger partial charge in [0.15, 0.2) is 0 Å². The van der Waals surface area contributed by atoms with E-state index in [1.54, 1.807) is 37.3 Å². The first kappa shape index (κ1) is 16.4. The van der Waals surface area contributed by atoms with Gasteiger partial charge in [-0.05, 0) is 37.3 Å². The molecule has 0 aliphatic heterocycles. The lowest BCUT2D eigenvalue weighted by Gasteiger charge is -2.00. The van der Waals surface area contributed by atoms with Crippen LogP contribution in [0.4, 0.5) is 0 Å². The second kappa shape index (κ2) is 6.56. The highest BCUT2D eigenvalue weighted by molar-refractivity contribution is 6.03. The van der Waals surface area contributed by atoms with Gasteiger partial charge in [0.25, 0.3) is 11.8 Å². The number of aromatic nitrogens is 1. The van der Waals surface area contributed by atoms with E-state index in [0.717, 1.165) is 0 Å². The fourth-order valence-corrected chi connectivity index (χ4v) is 2.53. The first-order valence-electron chi connectivity index (χ1n) is 7.62. The van der Waals surface area contributed by atoms with Crippen LogP contribution in [0.2, 0.25) is 0 Å². The van der Waals surface area contributed by atoms with Crippen molar-refractivity contribution in [1.82, 2.24) is 4.57 Å². The Hall–Kier alpha value is -3.48. The average Bonchev–Trinajstić information content (AvgIpc) is 2.89. The summed E-state index contributed by atoms with van der Waals surface area (Å²) in [4.78, 5) is 24.0. The first-order valence-corrected chi connectivity index (χ1v) is 7.62. The van der Waals surface area contributed by atoms with E-state index in [-0.39, 0.29) is 17.3 Å². The van der Waals surface area contributed by atoms with Gasteiger partial charge in [0, 0.05) is 28.4 Å². The van der Waals surface area contributed by atoms with Crippen molar-refractivity contribution >= 4 is 22.6 Å². The van der Waals surface area contributed by atoms with Crippen molar-refractivity contribution in [2.24, 2.45) is 10.2 Å². The Morgan fingerprint density at radius 2 is 1.48 bits per heavy atom. The Morgan fingerprint density at radius 3 is 2.12 bits per heavy atom. The minimum atomic E-state index is -0.714. The van der Waals surface area contributed by atoms with Crippen LogP contribution in [0.3, 0.4) is 0 Å². The molecule has 126 valence electrons. The van der Waals surface area contributed by atoms with Crippen molar-refractivity contribution in [3.63, 3.8) is 0 Å². The molecule has 7 nitrogen and oxygen atoms in total. The van der Waals surface area contributed by atoms with Gasteiger partial charge < -0.3 is 10.2 Å². The quantitative estimate of drug-likeness (QED) is 0.714. The summed E-state index contributed by atoms with van der Waals surface area (Å²) in [5.74, 6) is -1.54. The van der Waals surface area contributed by atoms with Gasteiger partial charge in [0.2, 0.25) is 11.8 Å². The zero-order chi connectivity index (χ0) is 18.0. The molecule has 0 saturated heterocycles. The SMILES string of the molecule is CCn1c(O)c2ccc(C(=O)N=NC(=O)c3ccccc3)cc2c1O. The molecule has 0 aliphatic carbocycles. The monoisotopic (exact) mass is 337 g/mol. The molecule has 2 N–H and O–H groups in total. The van der Waals surface area contributed by atoms with Gasteiger partial charge in [-0.15, -0.1) is 10.2 Å². The van der Waals surface area contributed by atoms with Crippen LogP contribution in [-0.4, -0.2) is 26.6 Å². The molecule has 2 amide bonds. The van der Waals surface area contributed by atoms with Gasteiger partial charge in [-0.3, -0.25) is 14.2 Å². The summed E-state index contributed by atoms with van der Waals surface area (Å²) in [5.41, 5.74) is 0.484. The Morgan fingerprint density at radius 1 is 0.880 bits per heavy atom. The van der Waals surface area contributed by atoms with Crippen LogP contribution in [0.1, 0.15) is 27.6 Å². The number of amides is 2. The predicted molar refractivity (Wildman–Crippen MR) is 90.9 cm³/mol. The number of carbonyl (C=O) groups excluding carboxylic acids is 2. The number of hydrogen-bond donors (Lipinski definition) is 2.